The van der Waals surface area contributed by atoms with E-state index in [1.807, 2.05) is 0 Å². The minimum atomic E-state index is -1.26. The average Bonchev–Trinajstić information content (AvgIpc) is 2.66. The van der Waals surface area contributed by atoms with Gasteiger partial charge in [-0.05, 0) is 24.3 Å². The second kappa shape index (κ2) is 6.63. The first kappa shape index (κ1) is 14.8. The van der Waals surface area contributed by atoms with Crippen molar-refractivity contribution in [3.8, 4) is 11.5 Å². The van der Waals surface area contributed by atoms with E-state index in [2.05, 4.69) is 10.2 Å². The molecular weight excluding hydrogens is 271 g/mol. The van der Waals surface area contributed by atoms with Crippen LogP contribution in [0.4, 0.5) is 0 Å². The zero-order valence-corrected chi connectivity index (χ0v) is 12.9. The molecule has 0 spiro atoms. The fourth-order valence-electron chi connectivity index (χ4n) is 1.16. The van der Waals surface area contributed by atoms with Crippen LogP contribution in [-0.2, 0) is 11.2 Å². The smallest absolute Gasteiger partial charge is 0.550 e. The van der Waals surface area contributed by atoms with Crippen LogP contribution in [-0.4, -0.2) is 16.2 Å². The van der Waals surface area contributed by atoms with Gasteiger partial charge in [-0.25, -0.2) is 0 Å². The summed E-state index contributed by atoms with van der Waals surface area (Å²) in [5.74, 6) is -0.982. The number of aliphatic carboxylic acids is 1. The maximum atomic E-state index is 10.3. The summed E-state index contributed by atoms with van der Waals surface area (Å²) in [5.41, 5.74) is 0.682. The molecule has 0 N–H and O–H groups in total. The fourth-order valence-corrected chi connectivity index (χ4v) is 1.28. The number of aromatic nitrogens is 2. The number of hydrogen-bond acceptors (Lipinski definition) is 5. The first-order valence-corrected chi connectivity index (χ1v) is 4.81. The normalized spacial score (nSPS) is 9.71. The Kier molecular flexibility index (Phi) is 5.77. The van der Waals surface area contributed by atoms with Gasteiger partial charge in [-0.2, -0.15) is 0 Å². The van der Waals surface area contributed by atoms with Crippen LogP contribution in [0.25, 0.3) is 11.5 Å². The minimum absolute atomic E-state index is 0. The van der Waals surface area contributed by atoms with Gasteiger partial charge in [-0.3, -0.25) is 0 Å². The van der Waals surface area contributed by atoms with Gasteiger partial charge < -0.3 is 14.3 Å². The molecule has 0 saturated carbocycles. The van der Waals surface area contributed by atoms with Crippen molar-refractivity contribution >= 4 is 17.6 Å². The van der Waals surface area contributed by atoms with Crippen LogP contribution in [0.1, 0.15) is 5.89 Å². The molecule has 0 amide bonds. The molecule has 0 atom stereocenters. The predicted octanol–water partition coefficient (Wildman–Crippen LogP) is -2.31. The number of carboxylic acids is 1. The number of carbonyl (C=O) groups is 1. The summed E-state index contributed by atoms with van der Waals surface area (Å²) < 4.78 is 5.13. The van der Waals surface area contributed by atoms with Crippen molar-refractivity contribution in [2.45, 2.75) is 6.42 Å². The van der Waals surface area contributed by atoms with E-state index >= 15 is 0 Å². The summed E-state index contributed by atoms with van der Waals surface area (Å²) >= 11 is 5.72. The molecule has 7 heteroatoms. The summed E-state index contributed by atoms with van der Waals surface area (Å²) in [6, 6.07) is 6.77. The molecule has 1 aromatic heterocycles. The number of rotatable bonds is 3. The van der Waals surface area contributed by atoms with Gasteiger partial charge in [0.25, 0.3) is 0 Å². The molecule has 5 nitrogen and oxygen atoms in total. The molecule has 0 saturated heterocycles. The minimum Gasteiger partial charge on any atom is -0.550 e. The molecular formula is C10H6ClKN2O3. The third kappa shape index (κ3) is 4.16. The molecule has 0 fully saturated rings. The molecule has 1 heterocycles. The van der Waals surface area contributed by atoms with Crippen LogP contribution in [0, 0.1) is 0 Å². The van der Waals surface area contributed by atoms with Gasteiger partial charge in [0.2, 0.25) is 11.8 Å². The van der Waals surface area contributed by atoms with E-state index in [0.29, 0.717) is 10.6 Å². The fraction of sp³-hybridized carbons (Fsp3) is 0.100. The van der Waals surface area contributed by atoms with E-state index in [1.54, 1.807) is 24.3 Å². The van der Waals surface area contributed by atoms with E-state index < -0.39 is 5.97 Å². The number of carbonyl (C=O) groups excluding carboxylic acids is 1. The summed E-state index contributed by atoms with van der Waals surface area (Å²) in [4.78, 5) is 10.3. The second-order valence-corrected chi connectivity index (χ2v) is 3.49. The van der Waals surface area contributed by atoms with Gasteiger partial charge >= 0.3 is 51.4 Å². The topological polar surface area (TPSA) is 79.0 Å². The third-order valence-electron chi connectivity index (χ3n) is 1.85. The third-order valence-corrected chi connectivity index (χ3v) is 2.11. The van der Waals surface area contributed by atoms with Crippen molar-refractivity contribution in [1.82, 2.24) is 10.2 Å². The molecule has 2 rings (SSSR count). The Morgan fingerprint density at radius 1 is 1.29 bits per heavy atom. The summed E-state index contributed by atoms with van der Waals surface area (Å²) in [7, 11) is 0. The van der Waals surface area contributed by atoms with Gasteiger partial charge in [0.1, 0.15) is 0 Å². The molecule has 0 unspecified atom stereocenters. The van der Waals surface area contributed by atoms with Crippen LogP contribution in [0.15, 0.2) is 28.7 Å². The number of nitrogens with zero attached hydrogens (tertiary/aromatic N) is 2. The maximum absolute atomic E-state index is 10.3. The average molecular weight is 277 g/mol. The Morgan fingerprint density at radius 2 is 1.94 bits per heavy atom. The Labute approximate surface area is 145 Å². The zero-order chi connectivity index (χ0) is 11.5. The van der Waals surface area contributed by atoms with Gasteiger partial charge in [0, 0.05) is 10.6 Å². The van der Waals surface area contributed by atoms with Crippen LogP contribution in [0.2, 0.25) is 5.02 Å². The molecule has 0 aliphatic carbocycles. The molecule has 2 aromatic rings. The van der Waals surface area contributed by atoms with Crippen LogP contribution in [0.5, 0.6) is 0 Å². The molecule has 0 radical (unpaired) electrons. The summed E-state index contributed by atoms with van der Waals surface area (Å²) in [5, 5.41) is 18.2. The van der Waals surface area contributed by atoms with Gasteiger partial charge in [-0.1, -0.05) is 11.6 Å². The van der Waals surface area contributed by atoms with E-state index in [0.717, 1.165) is 0 Å². The molecule has 0 aliphatic heterocycles. The number of hydrogen-bond donors (Lipinski definition) is 0. The first-order valence-electron chi connectivity index (χ1n) is 4.43. The molecule has 17 heavy (non-hydrogen) atoms. The molecule has 0 bridgehead atoms. The SMILES string of the molecule is O=C([O-])Cc1nnc(-c2ccc(Cl)cc2)o1.[K+]. The van der Waals surface area contributed by atoms with Crippen LogP contribution >= 0.6 is 11.6 Å². The Bertz CT molecular complexity index is 513. The van der Waals surface area contributed by atoms with Crippen molar-refractivity contribution in [2.75, 3.05) is 0 Å². The van der Waals surface area contributed by atoms with Crippen molar-refractivity contribution in [3.63, 3.8) is 0 Å². The van der Waals surface area contributed by atoms with E-state index in [1.165, 1.54) is 0 Å². The van der Waals surface area contributed by atoms with Crippen molar-refractivity contribution in [3.05, 3.63) is 35.2 Å². The molecule has 0 aliphatic rings. The maximum Gasteiger partial charge on any atom is 1.00 e. The Hall–Kier alpha value is -0.244. The van der Waals surface area contributed by atoms with Crippen LogP contribution in [0.3, 0.4) is 0 Å². The van der Waals surface area contributed by atoms with Crippen molar-refractivity contribution in [2.24, 2.45) is 0 Å². The summed E-state index contributed by atoms with van der Waals surface area (Å²) in [6.07, 6.45) is -0.388. The zero-order valence-electron chi connectivity index (χ0n) is 9.01. The van der Waals surface area contributed by atoms with Gasteiger partial charge in [0.15, 0.2) is 0 Å². The van der Waals surface area contributed by atoms with E-state index in [9.17, 15) is 9.90 Å². The Balaban J connectivity index is 0.00000144. The van der Waals surface area contributed by atoms with E-state index in [4.69, 9.17) is 16.0 Å². The van der Waals surface area contributed by atoms with E-state index in [-0.39, 0.29) is 69.6 Å². The standard InChI is InChI=1S/C10H7ClN2O3.K/c11-7-3-1-6(2-4-7)10-13-12-8(16-10)5-9(14)15;/h1-4H,5H2,(H,14,15);/q;+1/p-1. The molecule has 82 valence electrons. The largest absolute Gasteiger partial charge is 1.00 e. The second-order valence-electron chi connectivity index (χ2n) is 3.06. The van der Waals surface area contributed by atoms with Gasteiger partial charge in [0.05, 0.1) is 12.4 Å². The van der Waals surface area contributed by atoms with Crippen molar-refractivity contribution < 1.29 is 65.7 Å². The van der Waals surface area contributed by atoms with Gasteiger partial charge in [-0.15, -0.1) is 10.2 Å². The van der Waals surface area contributed by atoms with Crippen molar-refractivity contribution in [1.29, 1.82) is 0 Å². The molecule has 1 aromatic carbocycles. The van der Waals surface area contributed by atoms with Crippen LogP contribution < -0.4 is 56.5 Å². The number of carboxylic acid groups (broad SMARTS) is 1. The number of halogens is 1. The summed E-state index contributed by atoms with van der Waals surface area (Å²) in [6.45, 7) is 0. The number of benzene rings is 1. The quantitative estimate of drug-likeness (QED) is 0.589. The first-order chi connectivity index (χ1) is 7.65. The monoisotopic (exact) mass is 276 g/mol. The Morgan fingerprint density at radius 3 is 2.53 bits per heavy atom. The predicted molar refractivity (Wildman–Crippen MR) is 53.5 cm³/mol.